The SMILES string of the molecule is COCCN1C(N)=NCC1c1cc(O)cc(F)c1. The number of phenolic OH excluding ortho intramolecular Hbond substituents is 1. The van der Waals surface area contributed by atoms with Crippen molar-refractivity contribution in [2.45, 2.75) is 6.04 Å². The van der Waals surface area contributed by atoms with Crippen molar-refractivity contribution < 1.29 is 14.2 Å². The number of aliphatic imine (C=N–C) groups is 1. The van der Waals surface area contributed by atoms with Crippen LogP contribution in [0.5, 0.6) is 5.75 Å². The second-order valence-electron chi connectivity index (χ2n) is 4.14. The molecule has 0 saturated heterocycles. The summed E-state index contributed by atoms with van der Waals surface area (Å²) in [7, 11) is 1.60. The second kappa shape index (κ2) is 5.22. The van der Waals surface area contributed by atoms with Crippen LogP contribution in [0.1, 0.15) is 11.6 Å². The number of hydrogen-bond acceptors (Lipinski definition) is 5. The Bertz CT molecular complexity index is 444. The van der Waals surface area contributed by atoms with Crippen LogP contribution in [0.2, 0.25) is 0 Å². The average Bonchev–Trinajstić information content (AvgIpc) is 2.67. The quantitative estimate of drug-likeness (QED) is 0.834. The van der Waals surface area contributed by atoms with Crippen LogP contribution < -0.4 is 5.73 Å². The summed E-state index contributed by atoms with van der Waals surface area (Å²) in [6.07, 6.45) is 0. The Morgan fingerprint density at radius 1 is 1.56 bits per heavy atom. The van der Waals surface area contributed by atoms with Crippen molar-refractivity contribution in [3.8, 4) is 5.75 Å². The largest absolute Gasteiger partial charge is 0.508 e. The maximum Gasteiger partial charge on any atom is 0.192 e. The molecule has 5 nitrogen and oxygen atoms in total. The van der Waals surface area contributed by atoms with Crippen molar-refractivity contribution in [1.29, 1.82) is 0 Å². The van der Waals surface area contributed by atoms with Gasteiger partial charge in [-0.15, -0.1) is 0 Å². The third-order valence-electron chi connectivity index (χ3n) is 2.92. The summed E-state index contributed by atoms with van der Waals surface area (Å²) >= 11 is 0. The monoisotopic (exact) mass is 253 g/mol. The predicted octanol–water partition coefficient (Wildman–Crippen LogP) is 0.849. The zero-order valence-electron chi connectivity index (χ0n) is 10.1. The molecule has 98 valence electrons. The van der Waals surface area contributed by atoms with Gasteiger partial charge in [0.1, 0.15) is 11.6 Å². The zero-order chi connectivity index (χ0) is 13.1. The topological polar surface area (TPSA) is 71.1 Å². The molecule has 0 fully saturated rings. The van der Waals surface area contributed by atoms with E-state index in [-0.39, 0.29) is 11.8 Å². The van der Waals surface area contributed by atoms with Gasteiger partial charge >= 0.3 is 0 Å². The van der Waals surface area contributed by atoms with Crippen molar-refractivity contribution in [3.63, 3.8) is 0 Å². The van der Waals surface area contributed by atoms with Crippen LogP contribution in [-0.2, 0) is 4.74 Å². The second-order valence-corrected chi connectivity index (χ2v) is 4.14. The number of halogens is 1. The Kier molecular flexibility index (Phi) is 3.66. The molecular weight excluding hydrogens is 237 g/mol. The summed E-state index contributed by atoms with van der Waals surface area (Å²) in [5, 5.41) is 9.43. The fourth-order valence-electron chi connectivity index (χ4n) is 2.06. The van der Waals surface area contributed by atoms with Gasteiger partial charge in [-0.2, -0.15) is 0 Å². The number of nitrogens with two attached hydrogens (primary N) is 1. The van der Waals surface area contributed by atoms with E-state index in [2.05, 4.69) is 4.99 Å². The molecule has 0 saturated carbocycles. The Hall–Kier alpha value is -1.82. The first kappa shape index (κ1) is 12.6. The van der Waals surface area contributed by atoms with Crippen LogP contribution in [-0.4, -0.2) is 42.8 Å². The molecule has 1 aliphatic rings. The van der Waals surface area contributed by atoms with Gasteiger partial charge in [0, 0.05) is 19.7 Å². The number of hydrogen-bond donors (Lipinski definition) is 2. The van der Waals surface area contributed by atoms with E-state index in [4.69, 9.17) is 10.5 Å². The van der Waals surface area contributed by atoms with Gasteiger partial charge < -0.3 is 20.5 Å². The number of phenols is 1. The van der Waals surface area contributed by atoms with E-state index in [1.165, 1.54) is 12.1 Å². The zero-order valence-corrected chi connectivity index (χ0v) is 10.1. The lowest BCUT2D eigenvalue weighted by molar-refractivity contribution is 0.166. The maximum atomic E-state index is 13.3. The Morgan fingerprint density at radius 3 is 3.00 bits per heavy atom. The van der Waals surface area contributed by atoms with E-state index >= 15 is 0 Å². The summed E-state index contributed by atoms with van der Waals surface area (Å²) in [5.41, 5.74) is 6.45. The van der Waals surface area contributed by atoms with Gasteiger partial charge in [0.15, 0.2) is 5.96 Å². The van der Waals surface area contributed by atoms with Crippen LogP contribution in [0.4, 0.5) is 4.39 Å². The van der Waals surface area contributed by atoms with E-state index in [1.54, 1.807) is 7.11 Å². The summed E-state index contributed by atoms with van der Waals surface area (Å²) in [6, 6.07) is 3.84. The first-order chi connectivity index (χ1) is 8.61. The van der Waals surface area contributed by atoms with Crippen molar-refractivity contribution in [3.05, 3.63) is 29.6 Å². The fraction of sp³-hybridized carbons (Fsp3) is 0.417. The number of methoxy groups -OCH3 is 1. The molecule has 6 heteroatoms. The van der Waals surface area contributed by atoms with Gasteiger partial charge in [-0.05, 0) is 17.7 Å². The molecule has 1 atom stereocenters. The molecule has 1 unspecified atom stereocenters. The van der Waals surface area contributed by atoms with E-state index < -0.39 is 5.82 Å². The van der Waals surface area contributed by atoms with E-state index in [0.29, 0.717) is 31.2 Å². The minimum Gasteiger partial charge on any atom is -0.508 e. The molecule has 0 amide bonds. The Balaban J connectivity index is 2.21. The first-order valence-corrected chi connectivity index (χ1v) is 5.67. The smallest absolute Gasteiger partial charge is 0.192 e. The number of nitrogens with zero attached hydrogens (tertiary/aromatic N) is 2. The third-order valence-corrected chi connectivity index (χ3v) is 2.92. The molecular formula is C12H16FN3O2. The standard InChI is InChI=1S/C12H16FN3O2/c1-18-3-2-16-11(7-15-12(16)14)8-4-9(13)6-10(17)5-8/h4-6,11,17H,2-3,7H2,1H3,(H2,14,15). The molecule has 18 heavy (non-hydrogen) atoms. The number of ether oxygens (including phenoxy) is 1. The molecule has 0 bridgehead atoms. The Labute approximate surface area is 105 Å². The molecule has 0 aromatic heterocycles. The molecule has 0 aliphatic carbocycles. The lowest BCUT2D eigenvalue weighted by atomic mass is 10.1. The highest BCUT2D eigenvalue weighted by Gasteiger charge is 2.27. The third kappa shape index (κ3) is 2.53. The van der Waals surface area contributed by atoms with Crippen LogP contribution in [0.3, 0.4) is 0 Å². The van der Waals surface area contributed by atoms with Crippen molar-refractivity contribution in [2.75, 3.05) is 26.8 Å². The lowest BCUT2D eigenvalue weighted by Crippen LogP contribution is -2.38. The van der Waals surface area contributed by atoms with E-state index in [9.17, 15) is 9.50 Å². The van der Waals surface area contributed by atoms with Gasteiger partial charge in [0.2, 0.25) is 0 Å². The molecule has 0 spiro atoms. The summed E-state index contributed by atoms with van der Waals surface area (Å²) < 4.78 is 18.3. The van der Waals surface area contributed by atoms with Crippen LogP contribution in [0.15, 0.2) is 23.2 Å². The van der Waals surface area contributed by atoms with Crippen LogP contribution >= 0.6 is 0 Å². The number of benzene rings is 1. The predicted molar refractivity (Wildman–Crippen MR) is 65.9 cm³/mol. The summed E-state index contributed by atoms with van der Waals surface area (Å²) in [4.78, 5) is 5.99. The fourth-order valence-corrected chi connectivity index (χ4v) is 2.06. The highest BCUT2D eigenvalue weighted by Crippen LogP contribution is 2.28. The normalized spacial score (nSPS) is 19.1. The average molecular weight is 253 g/mol. The minimum atomic E-state index is -0.470. The first-order valence-electron chi connectivity index (χ1n) is 5.67. The van der Waals surface area contributed by atoms with E-state index in [1.807, 2.05) is 4.90 Å². The van der Waals surface area contributed by atoms with Crippen LogP contribution in [0.25, 0.3) is 0 Å². The number of aromatic hydroxyl groups is 1. The van der Waals surface area contributed by atoms with Crippen molar-refractivity contribution in [1.82, 2.24) is 4.90 Å². The van der Waals surface area contributed by atoms with E-state index in [0.717, 1.165) is 6.07 Å². The molecule has 3 N–H and O–H groups in total. The molecule has 1 heterocycles. The van der Waals surface area contributed by atoms with Crippen molar-refractivity contribution in [2.24, 2.45) is 10.7 Å². The number of rotatable bonds is 4. The van der Waals surface area contributed by atoms with Gasteiger partial charge in [-0.1, -0.05) is 0 Å². The van der Waals surface area contributed by atoms with Gasteiger partial charge in [-0.25, -0.2) is 4.39 Å². The maximum absolute atomic E-state index is 13.3. The summed E-state index contributed by atoms with van der Waals surface area (Å²) in [5.74, 6) is -0.148. The molecule has 0 radical (unpaired) electrons. The minimum absolute atomic E-state index is 0.0952. The van der Waals surface area contributed by atoms with Gasteiger partial charge in [0.25, 0.3) is 0 Å². The summed E-state index contributed by atoms with van der Waals surface area (Å²) in [6.45, 7) is 1.54. The van der Waals surface area contributed by atoms with Gasteiger partial charge in [0.05, 0.1) is 19.2 Å². The molecule has 1 aromatic rings. The lowest BCUT2D eigenvalue weighted by Gasteiger charge is -2.26. The molecule has 2 rings (SSSR count). The highest BCUT2D eigenvalue weighted by molar-refractivity contribution is 5.80. The van der Waals surface area contributed by atoms with Crippen molar-refractivity contribution >= 4 is 5.96 Å². The van der Waals surface area contributed by atoms with Crippen LogP contribution in [0, 0.1) is 5.82 Å². The van der Waals surface area contributed by atoms with Gasteiger partial charge in [-0.3, -0.25) is 4.99 Å². The molecule has 1 aromatic carbocycles. The number of guanidine groups is 1. The Morgan fingerprint density at radius 2 is 2.33 bits per heavy atom. The highest BCUT2D eigenvalue weighted by atomic mass is 19.1. The molecule has 1 aliphatic heterocycles.